The molecule has 0 bridgehead atoms. The molecule has 2 rings (SSSR count). The molecule has 1 heterocycles. The van der Waals surface area contributed by atoms with Crippen molar-refractivity contribution in [3.05, 3.63) is 0 Å². The van der Waals surface area contributed by atoms with Gasteiger partial charge < -0.3 is 4.55 Å². The van der Waals surface area contributed by atoms with Crippen LogP contribution in [0.2, 0.25) is 0 Å². The SMILES string of the molecule is [O-][S+]1CC2CC(OC(F)(F)F)CCC2CS1. The van der Waals surface area contributed by atoms with E-state index in [2.05, 4.69) is 4.74 Å². The maximum absolute atomic E-state index is 12.1. The van der Waals surface area contributed by atoms with Crippen molar-refractivity contribution in [1.82, 2.24) is 0 Å². The van der Waals surface area contributed by atoms with E-state index in [1.165, 1.54) is 10.8 Å². The van der Waals surface area contributed by atoms with E-state index in [1.54, 1.807) is 0 Å². The highest BCUT2D eigenvalue weighted by atomic mass is 33.1. The van der Waals surface area contributed by atoms with Crippen molar-refractivity contribution in [2.75, 3.05) is 11.5 Å². The number of rotatable bonds is 1. The molecule has 0 amide bonds. The van der Waals surface area contributed by atoms with Crippen molar-refractivity contribution < 1.29 is 22.5 Å². The third-order valence-corrected chi connectivity index (χ3v) is 6.29. The Kier molecular flexibility index (Phi) is 3.98. The highest BCUT2D eigenvalue weighted by molar-refractivity contribution is 8.72. The van der Waals surface area contributed by atoms with Crippen LogP contribution >= 0.6 is 10.8 Å². The molecule has 0 radical (unpaired) electrons. The van der Waals surface area contributed by atoms with Crippen LogP contribution in [0.5, 0.6) is 0 Å². The van der Waals surface area contributed by atoms with Gasteiger partial charge in [0.2, 0.25) is 0 Å². The van der Waals surface area contributed by atoms with Gasteiger partial charge >= 0.3 is 6.36 Å². The highest BCUT2D eigenvalue weighted by Crippen LogP contribution is 2.42. The lowest BCUT2D eigenvalue weighted by Crippen LogP contribution is -2.39. The average Bonchev–Trinajstić information content (AvgIpc) is 2.14. The second-order valence-corrected chi connectivity index (χ2v) is 7.61. The Morgan fingerprint density at radius 1 is 1.25 bits per heavy atom. The molecule has 1 aliphatic heterocycles. The van der Waals surface area contributed by atoms with Gasteiger partial charge in [0.25, 0.3) is 0 Å². The van der Waals surface area contributed by atoms with E-state index in [4.69, 9.17) is 0 Å². The van der Waals surface area contributed by atoms with Crippen LogP contribution in [-0.4, -0.2) is 28.5 Å². The van der Waals surface area contributed by atoms with E-state index in [0.717, 1.165) is 12.2 Å². The zero-order chi connectivity index (χ0) is 11.8. The molecule has 16 heavy (non-hydrogen) atoms. The average molecular weight is 274 g/mol. The van der Waals surface area contributed by atoms with Crippen LogP contribution in [0.25, 0.3) is 0 Å². The van der Waals surface area contributed by atoms with Gasteiger partial charge in [0, 0.05) is 21.9 Å². The fourth-order valence-corrected chi connectivity index (χ4v) is 5.80. The zero-order valence-corrected chi connectivity index (χ0v) is 10.2. The van der Waals surface area contributed by atoms with Gasteiger partial charge in [-0.05, 0) is 25.2 Å². The quantitative estimate of drug-likeness (QED) is 0.544. The van der Waals surface area contributed by atoms with Crippen molar-refractivity contribution in [2.45, 2.75) is 31.7 Å². The zero-order valence-electron chi connectivity index (χ0n) is 8.53. The molecular formula is C9H13F3O2S2. The van der Waals surface area contributed by atoms with Gasteiger partial charge in [0.1, 0.15) is 5.75 Å². The molecule has 4 unspecified atom stereocenters. The summed E-state index contributed by atoms with van der Waals surface area (Å²) in [7, 11) is 0.511. The molecule has 0 aromatic rings. The molecule has 2 aliphatic rings. The summed E-state index contributed by atoms with van der Waals surface area (Å²) in [5, 5.41) is 0. The summed E-state index contributed by atoms with van der Waals surface area (Å²) in [6.45, 7) is 0. The molecule has 1 aliphatic carbocycles. The maximum Gasteiger partial charge on any atom is 0.522 e. The molecule has 2 fully saturated rings. The monoisotopic (exact) mass is 274 g/mol. The summed E-state index contributed by atoms with van der Waals surface area (Å²) in [4.78, 5) is 0. The van der Waals surface area contributed by atoms with E-state index in [0.29, 0.717) is 24.5 Å². The Morgan fingerprint density at radius 2 is 2.00 bits per heavy atom. The minimum atomic E-state index is -4.54. The summed E-state index contributed by atoms with van der Waals surface area (Å²) in [6, 6.07) is 0. The third-order valence-electron chi connectivity index (χ3n) is 3.16. The molecule has 2 nitrogen and oxygen atoms in total. The van der Waals surface area contributed by atoms with Gasteiger partial charge in [-0.15, -0.1) is 13.2 Å². The van der Waals surface area contributed by atoms with Gasteiger partial charge in [-0.1, -0.05) is 0 Å². The summed E-state index contributed by atoms with van der Waals surface area (Å²) in [5.41, 5.74) is 0. The first-order valence-electron chi connectivity index (χ1n) is 5.20. The van der Waals surface area contributed by atoms with E-state index < -0.39 is 22.7 Å². The Hall–Kier alpha value is 0.410. The predicted molar refractivity (Wildman–Crippen MR) is 57.2 cm³/mol. The summed E-state index contributed by atoms with van der Waals surface area (Å²) in [5.74, 6) is 1.90. The molecule has 0 N–H and O–H groups in total. The summed E-state index contributed by atoms with van der Waals surface area (Å²) >= 11 is 0. The molecule has 7 heteroatoms. The Bertz CT molecular complexity index is 249. The molecule has 0 aromatic carbocycles. The molecule has 1 saturated carbocycles. The molecule has 0 aromatic heterocycles. The minimum absolute atomic E-state index is 0.142. The van der Waals surface area contributed by atoms with Gasteiger partial charge in [-0.25, -0.2) is 0 Å². The lowest BCUT2D eigenvalue weighted by molar-refractivity contribution is -0.346. The number of fused-ring (bicyclic) bond motifs is 1. The van der Waals surface area contributed by atoms with Crippen LogP contribution < -0.4 is 0 Å². The molecule has 0 spiro atoms. The van der Waals surface area contributed by atoms with Crippen LogP contribution in [0, 0.1) is 11.8 Å². The van der Waals surface area contributed by atoms with E-state index >= 15 is 0 Å². The largest absolute Gasteiger partial charge is 0.605 e. The van der Waals surface area contributed by atoms with Crippen LogP contribution in [-0.2, 0) is 14.9 Å². The fraction of sp³-hybridized carbons (Fsp3) is 1.00. The summed E-state index contributed by atoms with van der Waals surface area (Å²) < 4.78 is 51.5. The summed E-state index contributed by atoms with van der Waals surface area (Å²) in [6.07, 6.45) is -3.65. The number of ether oxygens (including phenoxy) is 1. The van der Waals surface area contributed by atoms with Crippen molar-refractivity contribution >= 4 is 21.0 Å². The molecule has 4 atom stereocenters. The first kappa shape index (κ1) is 12.9. The second-order valence-electron chi connectivity index (χ2n) is 4.27. The first-order valence-corrected chi connectivity index (χ1v) is 8.02. The highest BCUT2D eigenvalue weighted by Gasteiger charge is 2.42. The van der Waals surface area contributed by atoms with Crippen LogP contribution in [0.4, 0.5) is 13.2 Å². The Labute approximate surface area is 98.9 Å². The Morgan fingerprint density at radius 3 is 2.69 bits per heavy atom. The lowest BCUT2D eigenvalue weighted by Gasteiger charge is -2.38. The van der Waals surface area contributed by atoms with Crippen LogP contribution in [0.1, 0.15) is 19.3 Å². The van der Waals surface area contributed by atoms with Gasteiger partial charge in [0.15, 0.2) is 0 Å². The number of hydrogen-bond donors (Lipinski definition) is 0. The van der Waals surface area contributed by atoms with Gasteiger partial charge in [-0.2, -0.15) is 0 Å². The topological polar surface area (TPSA) is 32.3 Å². The number of halogens is 3. The normalized spacial score (nSPS) is 40.5. The van der Waals surface area contributed by atoms with E-state index in [1.807, 2.05) is 0 Å². The van der Waals surface area contributed by atoms with Crippen molar-refractivity contribution in [2.24, 2.45) is 11.8 Å². The van der Waals surface area contributed by atoms with E-state index in [-0.39, 0.29) is 5.92 Å². The van der Waals surface area contributed by atoms with Crippen LogP contribution in [0.3, 0.4) is 0 Å². The molecule has 1 saturated heterocycles. The second kappa shape index (κ2) is 4.96. The predicted octanol–water partition coefficient (Wildman–Crippen LogP) is 2.72. The first-order chi connectivity index (χ1) is 7.44. The van der Waals surface area contributed by atoms with Gasteiger partial charge in [0.05, 0.1) is 16.9 Å². The third kappa shape index (κ3) is 3.45. The number of hydrogen-bond acceptors (Lipinski definition) is 3. The fourth-order valence-electron chi connectivity index (χ4n) is 2.39. The van der Waals surface area contributed by atoms with Crippen molar-refractivity contribution in [1.29, 1.82) is 0 Å². The maximum atomic E-state index is 12.1. The van der Waals surface area contributed by atoms with Crippen molar-refractivity contribution in [3.8, 4) is 0 Å². The Balaban J connectivity index is 1.88. The molecule has 94 valence electrons. The van der Waals surface area contributed by atoms with Crippen LogP contribution in [0.15, 0.2) is 0 Å². The smallest absolute Gasteiger partial charge is 0.522 e. The molecular weight excluding hydrogens is 261 g/mol. The van der Waals surface area contributed by atoms with Gasteiger partial charge in [-0.3, -0.25) is 4.74 Å². The number of alkyl halides is 3. The minimum Gasteiger partial charge on any atom is -0.605 e. The standard InChI is InChI=1S/C9H13F3O2S2/c10-9(11,12)14-8-2-1-6-4-15-16(13)5-7(6)3-8/h6-8H,1-5H2. The van der Waals surface area contributed by atoms with E-state index in [9.17, 15) is 17.7 Å². The van der Waals surface area contributed by atoms with Crippen molar-refractivity contribution in [3.63, 3.8) is 0 Å². The lowest BCUT2D eigenvalue weighted by atomic mass is 9.80.